The Morgan fingerprint density at radius 2 is 1.85 bits per heavy atom. The summed E-state index contributed by atoms with van der Waals surface area (Å²) in [5, 5.41) is 9.91. The van der Waals surface area contributed by atoms with Gasteiger partial charge in [0.25, 0.3) is 0 Å². The van der Waals surface area contributed by atoms with E-state index in [4.69, 9.17) is 10.00 Å². The van der Waals surface area contributed by atoms with Crippen molar-refractivity contribution in [1.29, 1.82) is 5.26 Å². The number of fused-ring (bicyclic) bond motifs is 1. The predicted molar refractivity (Wildman–Crippen MR) is 107 cm³/mol. The minimum atomic E-state index is -0.507. The summed E-state index contributed by atoms with van der Waals surface area (Å²) in [4.78, 5) is 12.1. The monoisotopic (exact) mass is 358 g/mol. The highest BCUT2D eigenvalue weighted by atomic mass is 16.6. The molecule has 0 radical (unpaired) electrons. The van der Waals surface area contributed by atoms with Gasteiger partial charge < -0.3 is 9.30 Å². The van der Waals surface area contributed by atoms with Crippen molar-refractivity contribution in [2.75, 3.05) is 0 Å². The number of benzene rings is 2. The molecule has 0 saturated heterocycles. The first-order valence-corrected chi connectivity index (χ1v) is 8.84. The molecule has 0 bridgehead atoms. The number of aromatic nitrogens is 1. The summed E-state index contributed by atoms with van der Waals surface area (Å²) in [6, 6.07) is 17.6. The van der Waals surface area contributed by atoms with Crippen molar-refractivity contribution in [2.24, 2.45) is 0 Å². The largest absolute Gasteiger partial charge is 0.456 e. The molecular weight excluding hydrogens is 336 g/mol. The van der Waals surface area contributed by atoms with Crippen LogP contribution in [0.2, 0.25) is 0 Å². The van der Waals surface area contributed by atoms with E-state index in [1.807, 2.05) is 63.4 Å². The highest BCUT2D eigenvalue weighted by Crippen LogP contribution is 2.24. The van der Waals surface area contributed by atoms with E-state index in [0.29, 0.717) is 12.1 Å². The first-order chi connectivity index (χ1) is 12.9. The number of nitrogens with zero attached hydrogens (tertiary/aromatic N) is 2. The van der Waals surface area contributed by atoms with Gasteiger partial charge in [-0.2, -0.15) is 5.26 Å². The molecule has 0 aliphatic heterocycles. The molecule has 1 heterocycles. The fourth-order valence-corrected chi connectivity index (χ4v) is 2.95. The predicted octanol–water partition coefficient (Wildman–Crippen LogP) is 5.18. The zero-order chi connectivity index (χ0) is 19.4. The average molecular weight is 358 g/mol. The van der Waals surface area contributed by atoms with E-state index < -0.39 is 5.60 Å². The van der Waals surface area contributed by atoms with Crippen molar-refractivity contribution in [1.82, 2.24) is 4.57 Å². The summed E-state index contributed by atoms with van der Waals surface area (Å²) in [7, 11) is 0. The highest BCUT2D eigenvalue weighted by Gasteiger charge is 2.17. The first kappa shape index (κ1) is 18.5. The van der Waals surface area contributed by atoms with Gasteiger partial charge in [0.2, 0.25) is 0 Å². The fourth-order valence-electron chi connectivity index (χ4n) is 2.95. The second-order valence-electron chi connectivity index (χ2n) is 7.39. The molecule has 0 aliphatic rings. The van der Waals surface area contributed by atoms with Crippen molar-refractivity contribution < 1.29 is 9.53 Å². The smallest absolute Gasteiger partial charge is 0.338 e. The maximum absolute atomic E-state index is 12.1. The lowest BCUT2D eigenvalue weighted by Gasteiger charge is -2.19. The van der Waals surface area contributed by atoms with E-state index in [0.717, 1.165) is 22.0 Å². The third kappa shape index (κ3) is 4.45. The summed E-state index contributed by atoms with van der Waals surface area (Å²) in [5.41, 5.74) is 3.24. The van der Waals surface area contributed by atoms with Gasteiger partial charge in [-0.15, -0.1) is 0 Å². The maximum Gasteiger partial charge on any atom is 0.338 e. The third-order valence-electron chi connectivity index (χ3n) is 4.10. The SMILES string of the molecule is CC(C)(C)OC(=O)c1ccc(Cn2cc(/C=C/C#N)c3ccccc32)cc1. The van der Waals surface area contributed by atoms with Crippen LogP contribution in [-0.2, 0) is 11.3 Å². The standard InChI is InChI=1S/C23H22N2O2/c1-23(2,3)27-22(26)18-12-10-17(11-13-18)15-25-16-19(7-6-14-24)20-8-4-5-9-21(20)25/h4-13,16H,15H2,1-3H3/b7-6+. The lowest BCUT2D eigenvalue weighted by molar-refractivity contribution is 0.00695. The molecule has 4 heteroatoms. The van der Waals surface area contributed by atoms with Crippen molar-refractivity contribution in [2.45, 2.75) is 32.9 Å². The number of nitriles is 1. The number of esters is 1. The molecule has 0 amide bonds. The molecule has 0 aliphatic carbocycles. The Bertz CT molecular complexity index is 1030. The van der Waals surface area contributed by atoms with E-state index in [1.54, 1.807) is 12.1 Å². The van der Waals surface area contributed by atoms with Crippen molar-refractivity contribution >= 4 is 22.9 Å². The number of carbonyl (C=O) groups is 1. The summed E-state index contributed by atoms with van der Waals surface area (Å²) < 4.78 is 7.55. The van der Waals surface area contributed by atoms with Crippen LogP contribution in [0.3, 0.4) is 0 Å². The van der Waals surface area contributed by atoms with Crippen molar-refractivity contribution in [3.8, 4) is 6.07 Å². The van der Waals surface area contributed by atoms with Gasteiger partial charge in [-0.3, -0.25) is 0 Å². The molecule has 0 N–H and O–H groups in total. The number of allylic oxidation sites excluding steroid dienone is 1. The second kappa shape index (κ2) is 7.51. The zero-order valence-electron chi connectivity index (χ0n) is 15.8. The zero-order valence-corrected chi connectivity index (χ0v) is 15.8. The van der Waals surface area contributed by atoms with Crippen LogP contribution in [0.5, 0.6) is 0 Å². The molecule has 0 atom stereocenters. The van der Waals surface area contributed by atoms with E-state index in [1.165, 1.54) is 6.08 Å². The van der Waals surface area contributed by atoms with Crippen molar-refractivity contribution in [3.63, 3.8) is 0 Å². The van der Waals surface area contributed by atoms with Crippen LogP contribution in [0.15, 0.2) is 60.8 Å². The highest BCUT2D eigenvalue weighted by molar-refractivity contribution is 5.90. The minimum absolute atomic E-state index is 0.315. The number of rotatable bonds is 4. The summed E-state index contributed by atoms with van der Waals surface area (Å²) in [6.07, 6.45) is 5.35. The van der Waals surface area contributed by atoms with E-state index >= 15 is 0 Å². The Hall–Kier alpha value is -3.32. The Labute approximate surface area is 159 Å². The molecular formula is C23H22N2O2. The Balaban J connectivity index is 1.85. The Morgan fingerprint density at radius 3 is 2.52 bits per heavy atom. The lowest BCUT2D eigenvalue weighted by Crippen LogP contribution is -2.23. The molecule has 0 fully saturated rings. The molecule has 1 aromatic heterocycles. The first-order valence-electron chi connectivity index (χ1n) is 8.84. The molecule has 3 aromatic rings. The number of ether oxygens (including phenoxy) is 1. The van der Waals surface area contributed by atoms with Gasteiger partial charge in [-0.05, 0) is 50.6 Å². The van der Waals surface area contributed by atoms with Crippen molar-refractivity contribution in [3.05, 3.63) is 77.5 Å². The van der Waals surface area contributed by atoms with Gasteiger partial charge >= 0.3 is 5.97 Å². The quantitative estimate of drug-likeness (QED) is 0.477. The van der Waals surface area contributed by atoms with Gasteiger partial charge in [0, 0.05) is 35.3 Å². The van der Waals surface area contributed by atoms with E-state index in [9.17, 15) is 4.79 Å². The van der Waals surface area contributed by atoms with Crippen LogP contribution in [0.25, 0.3) is 17.0 Å². The second-order valence-corrected chi connectivity index (χ2v) is 7.39. The van der Waals surface area contributed by atoms with Crippen LogP contribution in [-0.4, -0.2) is 16.1 Å². The molecule has 4 nitrogen and oxygen atoms in total. The summed E-state index contributed by atoms with van der Waals surface area (Å²) >= 11 is 0. The van der Waals surface area contributed by atoms with Crippen LogP contribution in [0, 0.1) is 11.3 Å². The number of carbonyl (C=O) groups excluding carboxylic acids is 1. The minimum Gasteiger partial charge on any atom is -0.456 e. The average Bonchev–Trinajstić information content (AvgIpc) is 2.97. The summed E-state index contributed by atoms with van der Waals surface area (Å²) in [6.45, 7) is 6.24. The molecule has 0 unspecified atom stereocenters. The van der Waals surface area contributed by atoms with E-state index in [2.05, 4.69) is 16.7 Å². The van der Waals surface area contributed by atoms with Gasteiger partial charge in [0.1, 0.15) is 5.60 Å². The van der Waals surface area contributed by atoms with Crippen LogP contribution in [0.4, 0.5) is 0 Å². The van der Waals surface area contributed by atoms with Crippen LogP contribution in [0.1, 0.15) is 42.3 Å². The maximum atomic E-state index is 12.1. The third-order valence-corrected chi connectivity index (χ3v) is 4.10. The Morgan fingerprint density at radius 1 is 1.15 bits per heavy atom. The number of hydrogen-bond donors (Lipinski definition) is 0. The van der Waals surface area contributed by atoms with Gasteiger partial charge in [0.05, 0.1) is 11.6 Å². The van der Waals surface area contributed by atoms with Gasteiger partial charge in [-0.25, -0.2) is 4.79 Å². The molecule has 27 heavy (non-hydrogen) atoms. The fraction of sp³-hybridized carbons (Fsp3) is 0.217. The van der Waals surface area contributed by atoms with Gasteiger partial charge in [0.15, 0.2) is 0 Å². The molecule has 136 valence electrons. The topological polar surface area (TPSA) is 55.0 Å². The number of para-hydroxylation sites is 1. The molecule has 0 spiro atoms. The molecule has 2 aromatic carbocycles. The van der Waals surface area contributed by atoms with Gasteiger partial charge in [-0.1, -0.05) is 30.3 Å². The van der Waals surface area contributed by atoms with Crippen LogP contribution >= 0.6 is 0 Å². The number of hydrogen-bond acceptors (Lipinski definition) is 3. The van der Waals surface area contributed by atoms with Crippen LogP contribution < -0.4 is 0 Å². The molecule has 0 saturated carbocycles. The van der Waals surface area contributed by atoms with E-state index in [-0.39, 0.29) is 5.97 Å². The normalized spacial score (nSPS) is 11.6. The lowest BCUT2D eigenvalue weighted by atomic mass is 10.1. The summed E-state index contributed by atoms with van der Waals surface area (Å²) in [5.74, 6) is -0.315. The Kier molecular flexibility index (Phi) is 5.14. The molecule has 3 rings (SSSR count).